The van der Waals surface area contributed by atoms with Gasteiger partial charge in [0.1, 0.15) is 6.10 Å². The molecule has 0 aliphatic heterocycles. The van der Waals surface area contributed by atoms with Crippen molar-refractivity contribution in [1.82, 2.24) is 5.43 Å². The predicted octanol–water partition coefficient (Wildman–Crippen LogP) is 1.35. The van der Waals surface area contributed by atoms with Crippen LogP contribution in [0, 0.1) is 5.92 Å². The Labute approximate surface area is 91.5 Å². The summed E-state index contributed by atoms with van der Waals surface area (Å²) in [5, 5.41) is 0. The van der Waals surface area contributed by atoms with E-state index in [4.69, 9.17) is 10.6 Å². The molecule has 3 N–H and O–H groups in total. The van der Waals surface area contributed by atoms with Crippen molar-refractivity contribution in [2.75, 3.05) is 0 Å². The monoisotopic (exact) mass is 214 g/mol. The Morgan fingerprint density at radius 2 is 2.07 bits per heavy atom. The zero-order valence-electron chi connectivity index (χ0n) is 9.66. The average molecular weight is 214 g/mol. The summed E-state index contributed by atoms with van der Waals surface area (Å²) in [6, 6.07) is 0. The molecule has 88 valence electrons. The van der Waals surface area contributed by atoms with Crippen molar-refractivity contribution in [3.05, 3.63) is 0 Å². The number of hydrogen-bond donors (Lipinski definition) is 2. The second-order valence-electron chi connectivity index (χ2n) is 4.42. The Balaban J connectivity index is 2.35. The van der Waals surface area contributed by atoms with Crippen LogP contribution in [-0.2, 0) is 9.53 Å². The number of hydrazine groups is 1. The minimum atomic E-state index is -0.381. The van der Waals surface area contributed by atoms with Crippen molar-refractivity contribution in [3.8, 4) is 0 Å². The summed E-state index contributed by atoms with van der Waals surface area (Å²) in [5.74, 6) is 5.68. The quantitative estimate of drug-likeness (QED) is 0.422. The summed E-state index contributed by atoms with van der Waals surface area (Å²) < 4.78 is 5.75. The maximum atomic E-state index is 11.3. The third-order valence-corrected chi connectivity index (χ3v) is 3.13. The van der Waals surface area contributed by atoms with E-state index in [9.17, 15) is 4.79 Å². The maximum absolute atomic E-state index is 11.3. The normalized spacial score (nSPS) is 28.5. The molecule has 0 saturated heterocycles. The Kier molecular flexibility index (Phi) is 5.05. The maximum Gasteiger partial charge on any atom is 0.262 e. The van der Waals surface area contributed by atoms with Crippen LogP contribution in [0.1, 0.15) is 46.0 Å². The van der Waals surface area contributed by atoms with E-state index in [1.807, 2.05) is 6.92 Å². The number of rotatable bonds is 4. The molecule has 0 bridgehead atoms. The molecular weight excluding hydrogens is 192 g/mol. The van der Waals surface area contributed by atoms with Gasteiger partial charge in [-0.15, -0.1) is 0 Å². The smallest absolute Gasteiger partial charge is 0.262 e. The lowest BCUT2D eigenvalue weighted by molar-refractivity contribution is -0.138. The lowest BCUT2D eigenvalue weighted by Crippen LogP contribution is -2.42. The highest BCUT2D eigenvalue weighted by Gasteiger charge is 2.24. The lowest BCUT2D eigenvalue weighted by Gasteiger charge is -2.29. The standard InChI is InChI=1S/C11H22N2O2/c1-3-10(11(14)13-12)15-9-6-4-8(2)5-7-9/h8-10H,3-7,12H2,1-2H3,(H,13,14). The van der Waals surface area contributed by atoms with Crippen LogP contribution >= 0.6 is 0 Å². The first-order valence-corrected chi connectivity index (χ1v) is 5.83. The summed E-state index contributed by atoms with van der Waals surface area (Å²) in [4.78, 5) is 11.3. The number of hydrogen-bond acceptors (Lipinski definition) is 3. The van der Waals surface area contributed by atoms with Gasteiger partial charge in [-0.3, -0.25) is 10.2 Å². The number of amides is 1. The van der Waals surface area contributed by atoms with Crippen LogP contribution in [0.15, 0.2) is 0 Å². The van der Waals surface area contributed by atoms with Gasteiger partial charge in [0.2, 0.25) is 0 Å². The highest BCUT2D eigenvalue weighted by Crippen LogP contribution is 2.26. The van der Waals surface area contributed by atoms with Crippen molar-refractivity contribution in [2.24, 2.45) is 11.8 Å². The van der Waals surface area contributed by atoms with Gasteiger partial charge in [-0.05, 0) is 38.0 Å². The minimum absolute atomic E-state index is 0.212. The molecule has 1 amide bonds. The molecule has 1 atom stereocenters. The van der Waals surface area contributed by atoms with Crippen LogP contribution in [0.4, 0.5) is 0 Å². The van der Waals surface area contributed by atoms with E-state index in [2.05, 4.69) is 12.3 Å². The van der Waals surface area contributed by atoms with Gasteiger partial charge in [-0.1, -0.05) is 13.8 Å². The molecule has 1 aliphatic rings. The topological polar surface area (TPSA) is 64.3 Å². The predicted molar refractivity (Wildman–Crippen MR) is 58.9 cm³/mol. The summed E-state index contributed by atoms with van der Waals surface area (Å²) in [5.41, 5.74) is 2.15. The van der Waals surface area contributed by atoms with E-state index in [0.717, 1.165) is 18.8 Å². The zero-order valence-corrected chi connectivity index (χ0v) is 9.66. The van der Waals surface area contributed by atoms with Crippen molar-refractivity contribution in [3.63, 3.8) is 0 Å². The molecular formula is C11H22N2O2. The third-order valence-electron chi connectivity index (χ3n) is 3.13. The van der Waals surface area contributed by atoms with Crippen LogP contribution in [0.3, 0.4) is 0 Å². The van der Waals surface area contributed by atoms with Gasteiger partial charge in [0.05, 0.1) is 6.10 Å². The van der Waals surface area contributed by atoms with E-state index in [-0.39, 0.29) is 18.1 Å². The second-order valence-corrected chi connectivity index (χ2v) is 4.42. The number of carbonyl (C=O) groups excluding carboxylic acids is 1. The lowest BCUT2D eigenvalue weighted by atomic mass is 9.89. The average Bonchev–Trinajstić information content (AvgIpc) is 2.27. The Morgan fingerprint density at radius 3 is 2.53 bits per heavy atom. The fourth-order valence-electron chi connectivity index (χ4n) is 2.03. The van der Waals surface area contributed by atoms with Gasteiger partial charge >= 0.3 is 0 Å². The van der Waals surface area contributed by atoms with Gasteiger partial charge in [0, 0.05) is 0 Å². The minimum Gasteiger partial charge on any atom is -0.365 e. The van der Waals surface area contributed by atoms with E-state index in [0.29, 0.717) is 6.42 Å². The zero-order chi connectivity index (χ0) is 11.3. The highest BCUT2D eigenvalue weighted by molar-refractivity contribution is 5.80. The van der Waals surface area contributed by atoms with E-state index in [1.54, 1.807) is 0 Å². The molecule has 0 aromatic rings. The molecule has 4 heteroatoms. The summed E-state index contributed by atoms with van der Waals surface area (Å²) in [7, 11) is 0. The fourth-order valence-corrected chi connectivity index (χ4v) is 2.03. The molecule has 4 nitrogen and oxygen atoms in total. The van der Waals surface area contributed by atoms with E-state index in [1.165, 1.54) is 12.8 Å². The van der Waals surface area contributed by atoms with Crippen LogP contribution < -0.4 is 11.3 Å². The van der Waals surface area contributed by atoms with Crippen molar-refractivity contribution < 1.29 is 9.53 Å². The molecule has 1 aliphatic carbocycles. The fraction of sp³-hybridized carbons (Fsp3) is 0.909. The molecule has 0 radical (unpaired) electrons. The SMILES string of the molecule is CCC(OC1CCC(C)CC1)C(=O)NN. The summed E-state index contributed by atoms with van der Waals surface area (Å²) in [6.07, 6.45) is 5.06. The van der Waals surface area contributed by atoms with Crippen LogP contribution in [0.5, 0.6) is 0 Å². The number of nitrogens with two attached hydrogens (primary N) is 1. The van der Waals surface area contributed by atoms with Crippen molar-refractivity contribution >= 4 is 5.91 Å². The molecule has 1 saturated carbocycles. The molecule has 0 heterocycles. The first-order chi connectivity index (χ1) is 7.17. The molecule has 0 spiro atoms. The van der Waals surface area contributed by atoms with E-state index >= 15 is 0 Å². The van der Waals surface area contributed by atoms with Crippen LogP contribution in [0.2, 0.25) is 0 Å². The number of ether oxygens (including phenoxy) is 1. The first-order valence-electron chi connectivity index (χ1n) is 5.83. The van der Waals surface area contributed by atoms with Gasteiger partial charge in [0.15, 0.2) is 0 Å². The van der Waals surface area contributed by atoms with Gasteiger partial charge in [-0.2, -0.15) is 0 Å². The van der Waals surface area contributed by atoms with E-state index < -0.39 is 0 Å². The van der Waals surface area contributed by atoms with Crippen molar-refractivity contribution in [1.29, 1.82) is 0 Å². The number of nitrogens with one attached hydrogen (secondary N) is 1. The Hall–Kier alpha value is -0.610. The largest absolute Gasteiger partial charge is 0.365 e. The summed E-state index contributed by atoms with van der Waals surface area (Å²) >= 11 is 0. The molecule has 1 rings (SSSR count). The molecule has 0 aromatic heterocycles. The molecule has 1 unspecified atom stereocenters. The van der Waals surface area contributed by atoms with Gasteiger partial charge in [0.25, 0.3) is 5.91 Å². The Bertz CT molecular complexity index is 201. The van der Waals surface area contributed by atoms with Gasteiger partial charge < -0.3 is 4.74 Å². The molecule has 1 fully saturated rings. The molecule has 0 aromatic carbocycles. The first kappa shape index (κ1) is 12.5. The van der Waals surface area contributed by atoms with Crippen molar-refractivity contribution in [2.45, 2.75) is 58.2 Å². The highest BCUT2D eigenvalue weighted by atomic mass is 16.5. The van der Waals surface area contributed by atoms with Crippen LogP contribution in [-0.4, -0.2) is 18.1 Å². The number of carbonyl (C=O) groups is 1. The molecule has 15 heavy (non-hydrogen) atoms. The third kappa shape index (κ3) is 3.80. The summed E-state index contributed by atoms with van der Waals surface area (Å²) in [6.45, 7) is 4.20. The second kappa shape index (κ2) is 6.08. The Morgan fingerprint density at radius 1 is 1.47 bits per heavy atom. The van der Waals surface area contributed by atoms with Crippen LogP contribution in [0.25, 0.3) is 0 Å². The van der Waals surface area contributed by atoms with Gasteiger partial charge in [-0.25, -0.2) is 5.84 Å².